The van der Waals surface area contributed by atoms with E-state index in [4.69, 9.17) is 0 Å². The van der Waals surface area contributed by atoms with Crippen molar-refractivity contribution in [2.24, 2.45) is 0 Å². The molecule has 5 amide bonds. The second kappa shape index (κ2) is 9.90. The summed E-state index contributed by atoms with van der Waals surface area (Å²) >= 11 is 0. The number of rotatable bonds is 5. The van der Waals surface area contributed by atoms with Crippen molar-refractivity contribution in [1.29, 1.82) is 0 Å². The standard InChI is InChI=1S/C30H33F2N5O4/c1-3-36-10-4-8-29(36)9-7-24(19-11-21(31)14-22(32)12-19)37(27(29)40)17-25(38)33-23-6-5-18-15-30(16-20(18)13-23)26(39)34-28(41)35(30)2/h5-6,11-14,24H,3-4,7-10,15-17H2,1-2H3,(H,33,38)(H,34,39,41). The first kappa shape index (κ1) is 27.3. The summed E-state index contributed by atoms with van der Waals surface area (Å²) in [6.45, 7) is 3.21. The molecule has 2 spiro atoms. The number of halogens is 2. The number of hydrogen-bond acceptors (Lipinski definition) is 5. The van der Waals surface area contributed by atoms with E-state index in [1.54, 1.807) is 19.2 Å². The molecule has 3 heterocycles. The predicted molar refractivity (Wildman–Crippen MR) is 146 cm³/mol. The Morgan fingerprint density at radius 3 is 2.44 bits per heavy atom. The molecule has 0 saturated carbocycles. The number of likely N-dealkylation sites (N-methyl/N-ethyl adjacent to an activating group) is 2. The van der Waals surface area contributed by atoms with Crippen LogP contribution in [0.1, 0.15) is 55.3 Å². The number of carbonyl (C=O) groups excluding carboxylic acids is 4. The number of nitrogens with zero attached hydrogens (tertiary/aromatic N) is 3. The summed E-state index contributed by atoms with van der Waals surface area (Å²) in [4.78, 5) is 57.3. The number of hydrogen-bond donors (Lipinski definition) is 2. The highest BCUT2D eigenvalue weighted by Gasteiger charge is 2.55. The van der Waals surface area contributed by atoms with Crippen LogP contribution in [0.25, 0.3) is 0 Å². The highest BCUT2D eigenvalue weighted by molar-refractivity contribution is 6.07. The number of carbonyl (C=O) groups is 4. The quantitative estimate of drug-likeness (QED) is 0.543. The zero-order valence-electron chi connectivity index (χ0n) is 23.1. The van der Waals surface area contributed by atoms with Crippen LogP contribution in [0.5, 0.6) is 0 Å². The van der Waals surface area contributed by atoms with E-state index in [0.717, 1.165) is 30.2 Å². The summed E-state index contributed by atoms with van der Waals surface area (Å²) in [5.41, 5.74) is 0.908. The first-order valence-electron chi connectivity index (χ1n) is 14.1. The molecule has 3 saturated heterocycles. The SMILES string of the molecule is CCN1CCCC12CCC(c1cc(F)cc(F)c1)N(CC(=O)Nc1ccc3c(c1)CC1(C3)C(=O)NC(=O)N1C)C2=O. The Morgan fingerprint density at radius 2 is 1.76 bits per heavy atom. The third-order valence-electron chi connectivity index (χ3n) is 9.50. The Morgan fingerprint density at radius 1 is 1.02 bits per heavy atom. The molecule has 11 heteroatoms. The van der Waals surface area contributed by atoms with Crippen LogP contribution in [0.4, 0.5) is 19.3 Å². The fourth-order valence-corrected chi connectivity index (χ4v) is 7.39. The van der Waals surface area contributed by atoms with Crippen LogP contribution in [0, 0.1) is 11.6 Å². The van der Waals surface area contributed by atoms with Crippen molar-refractivity contribution in [3.63, 3.8) is 0 Å². The van der Waals surface area contributed by atoms with Gasteiger partial charge in [0.15, 0.2) is 0 Å². The number of imide groups is 1. The number of urea groups is 1. The molecule has 3 fully saturated rings. The van der Waals surface area contributed by atoms with Crippen molar-refractivity contribution >= 4 is 29.4 Å². The van der Waals surface area contributed by atoms with Gasteiger partial charge in [0, 0.05) is 31.6 Å². The molecule has 9 nitrogen and oxygen atoms in total. The Kier molecular flexibility index (Phi) is 6.60. The molecular weight excluding hydrogens is 532 g/mol. The summed E-state index contributed by atoms with van der Waals surface area (Å²) < 4.78 is 28.4. The largest absolute Gasteiger partial charge is 0.325 e. The molecule has 2 aromatic rings. The highest BCUT2D eigenvalue weighted by Crippen LogP contribution is 2.44. The lowest BCUT2D eigenvalue weighted by molar-refractivity contribution is -0.153. The van der Waals surface area contributed by atoms with E-state index in [2.05, 4.69) is 15.5 Å². The van der Waals surface area contributed by atoms with Crippen molar-refractivity contribution in [2.45, 2.75) is 62.6 Å². The summed E-state index contributed by atoms with van der Waals surface area (Å²) in [5.74, 6) is -2.42. The number of likely N-dealkylation sites (tertiary alicyclic amines) is 2. The van der Waals surface area contributed by atoms with E-state index in [0.29, 0.717) is 49.9 Å². The van der Waals surface area contributed by atoms with Gasteiger partial charge in [-0.05, 0) is 79.7 Å². The lowest BCUT2D eigenvalue weighted by atomic mass is 9.80. The van der Waals surface area contributed by atoms with Crippen LogP contribution in [-0.4, -0.2) is 76.2 Å². The lowest BCUT2D eigenvalue weighted by Gasteiger charge is -2.48. The maximum absolute atomic E-state index is 14.2. The Hall–Kier alpha value is -3.86. The summed E-state index contributed by atoms with van der Waals surface area (Å²) in [5, 5.41) is 5.25. The molecule has 3 aliphatic heterocycles. The second-order valence-corrected chi connectivity index (χ2v) is 11.6. The Bertz CT molecular complexity index is 1450. The Balaban J connectivity index is 1.24. The van der Waals surface area contributed by atoms with E-state index in [1.165, 1.54) is 21.9 Å². The van der Waals surface area contributed by atoms with Gasteiger partial charge in [-0.3, -0.25) is 24.6 Å². The molecule has 0 bridgehead atoms. The van der Waals surface area contributed by atoms with Crippen LogP contribution in [0.3, 0.4) is 0 Å². The maximum atomic E-state index is 14.2. The van der Waals surface area contributed by atoms with E-state index in [9.17, 15) is 28.0 Å². The molecule has 4 aliphatic rings. The first-order chi connectivity index (χ1) is 19.6. The average Bonchev–Trinajstić information content (AvgIpc) is 3.57. The normalized spacial score (nSPS) is 27.7. The highest BCUT2D eigenvalue weighted by atomic mass is 19.1. The minimum Gasteiger partial charge on any atom is -0.325 e. The molecule has 216 valence electrons. The third-order valence-corrected chi connectivity index (χ3v) is 9.50. The monoisotopic (exact) mass is 565 g/mol. The molecule has 2 aromatic carbocycles. The number of benzene rings is 2. The van der Waals surface area contributed by atoms with Crippen LogP contribution in [0.15, 0.2) is 36.4 Å². The van der Waals surface area contributed by atoms with Crippen LogP contribution in [0.2, 0.25) is 0 Å². The van der Waals surface area contributed by atoms with Crippen molar-refractivity contribution in [2.75, 3.05) is 32.0 Å². The minimum absolute atomic E-state index is 0.191. The molecule has 2 N–H and O–H groups in total. The van der Waals surface area contributed by atoms with Gasteiger partial charge in [0.1, 0.15) is 29.3 Å². The molecule has 6 rings (SSSR count). The number of fused-ring (bicyclic) bond motifs is 1. The molecule has 3 unspecified atom stereocenters. The summed E-state index contributed by atoms with van der Waals surface area (Å²) in [6, 6.07) is 7.54. The van der Waals surface area contributed by atoms with E-state index in [-0.39, 0.29) is 18.4 Å². The van der Waals surface area contributed by atoms with Crippen LogP contribution >= 0.6 is 0 Å². The van der Waals surface area contributed by atoms with E-state index >= 15 is 0 Å². The smallest absolute Gasteiger partial charge is 0.324 e. The van der Waals surface area contributed by atoms with Gasteiger partial charge in [0.05, 0.1) is 6.04 Å². The lowest BCUT2D eigenvalue weighted by Crippen LogP contribution is -2.61. The molecule has 1 aliphatic carbocycles. The topological polar surface area (TPSA) is 102 Å². The number of anilines is 1. The minimum atomic E-state index is -0.976. The Labute approximate surface area is 236 Å². The van der Waals surface area contributed by atoms with Gasteiger partial charge in [-0.15, -0.1) is 0 Å². The number of piperidine rings is 1. The van der Waals surface area contributed by atoms with Gasteiger partial charge in [0.25, 0.3) is 5.91 Å². The fraction of sp³-hybridized carbons (Fsp3) is 0.467. The average molecular weight is 566 g/mol. The van der Waals surface area contributed by atoms with Crippen molar-refractivity contribution < 1.29 is 28.0 Å². The van der Waals surface area contributed by atoms with Gasteiger partial charge in [0.2, 0.25) is 11.8 Å². The van der Waals surface area contributed by atoms with Crippen molar-refractivity contribution in [3.8, 4) is 0 Å². The fourth-order valence-electron chi connectivity index (χ4n) is 7.39. The zero-order chi connectivity index (χ0) is 29.1. The second-order valence-electron chi connectivity index (χ2n) is 11.6. The maximum Gasteiger partial charge on any atom is 0.324 e. The van der Waals surface area contributed by atoms with Gasteiger partial charge in [-0.2, -0.15) is 0 Å². The van der Waals surface area contributed by atoms with E-state index in [1.807, 2.05) is 13.0 Å². The summed E-state index contributed by atoms with van der Waals surface area (Å²) in [7, 11) is 1.60. The third kappa shape index (κ3) is 4.37. The number of amides is 5. The van der Waals surface area contributed by atoms with Gasteiger partial charge < -0.3 is 15.1 Å². The van der Waals surface area contributed by atoms with Crippen molar-refractivity contribution in [1.82, 2.24) is 20.0 Å². The first-order valence-corrected chi connectivity index (χ1v) is 14.1. The molecule has 41 heavy (non-hydrogen) atoms. The van der Waals surface area contributed by atoms with Crippen molar-refractivity contribution in [3.05, 3.63) is 64.7 Å². The molecule has 0 radical (unpaired) electrons. The molecule has 3 atom stereocenters. The molecular formula is C30H33F2N5O4. The van der Waals surface area contributed by atoms with Gasteiger partial charge in [-0.1, -0.05) is 13.0 Å². The van der Waals surface area contributed by atoms with Crippen LogP contribution in [-0.2, 0) is 27.2 Å². The predicted octanol–water partition coefficient (Wildman–Crippen LogP) is 3.14. The molecule has 0 aromatic heterocycles. The van der Waals surface area contributed by atoms with E-state index < -0.39 is 40.7 Å². The summed E-state index contributed by atoms with van der Waals surface area (Å²) in [6.07, 6.45) is 3.29. The van der Waals surface area contributed by atoms with Gasteiger partial charge in [-0.25, -0.2) is 13.6 Å². The number of nitrogens with one attached hydrogen (secondary N) is 2. The zero-order valence-corrected chi connectivity index (χ0v) is 23.1. The van der Waals surface area contributed by atoms with Gasteiger partial charge >= 0.3 is 6.03 Å². The van der Waals surface area contributed by atoms with Crippen LogP contribution < -0.4 is 10.6 Å².